The first-order valence-corrected chi connectivity index (χ1v) is 5.62. The van der Waals surface area contributed by atoms with Crippen molar-refractivity contribution in [2.24, 2.45) is 10.2 Å². The first kappa shape index (κ1) is 9.58. The number of hydrogen-bond acceptors (Lipinski definition) is 3. The molecular weight excluding hydrogens is 200 g/mol. The van der Waals surface area contributed by atoms with E-state index in [4.69, 9.17) is 4.74 Å². The highest BCUT2D eigenvalue weighted by atomic mass is 16.5. The summed E-state index contributed by atoms with van der Waals surface area (Å²) in [4.78, 5) is 0. The molecule has 1 aromatic carbocycles. The van der Waals surface area contributed by atoms with E-state index < -0.39 is 0 Å². The number of methoxy groups -OCH3 is 1. The van der Waals surface area contributed by atoms with Crippen LogP contribution in [-0.2, 0) is 0 Å². The molecule has 3 rings (SSSR count). The smallest absolute Gasteiger partial charge is 0.118 e. The minimum atomic E-state index is 0.354. The van der Waals surface area contributed by atoms with Gasteiger partial charge in [0, 0.05) is 0 Å². The molecule has 1 aliphatic carbocycles. The van der Waals surface area contributed by atoms with Crippen molar-refractivity contribution in [3.63, 3.8) is 0 Å². The van der Waals surface area contributed by atoms with Crippen LogP contribution in [0.5, 0.6) is 5.75 Å². The van der Waals surface area contributed by atoms with E-state index in [9.17, 15) is 0 Å². The topological polar surface area (TPSA) is 34.0 Å². The fraction of sp³-hybridized carbons (Fsp3) is 0.385. The summed E-state index contributed by atoms with van der Waals surface area (Å²) in [5.74, 6) is 0.894. The molecule has 0 radical (unpaired) electrons. The molecule has 2 unspecified atom stereocenters. The molecule has 0 aromatic heterocycles. The van der Waals surface area contributed by atoms with Gasteiger partial charge in [0.15, 0.2) is 0 Å². The molecular formula is C13H14N2O. The summed E-state index contributed by atoms with van der Waals surface area (Å²) in [7, 11) is 1.68. The highest BCUT2D eigenvalue weighted by Gasteiger charge is 2.35. The third-order valence-electron chi connectivity index (χ3n) is 3.28. The van der Waals surface area contributed by atoms with Gasteiger partial charge in [-0.1, -0.05) is 18.2 Å². The minimum Gasteiger partial charge on any atom is -0.497 e. The third-order valence-corrected chi connectivity index (χ3v) is 3.28. The predicted molar refractivity (Wildman–Crippen MR) is 62.6 cm³/mol. The van der Waals surface area contributed by atoms with Gasteiger partial charge in [-0.05, 0) is 36.1 Å². The minimum absolute atomic E-state index is 0.354. The second-order valence-electron chi connectivity index (χ2n) is 4.26. The summed E-state index contributed by atoms with van der Waals surface area (Å²) >= 11 is 0. The largest absolute Gasteiger partial charge is 0.497 e. The summed E-state index contributed by atoms with van der Waals surface area (Å²) in [5.41, 5.74) is 2.59. The number of benzene rings is 1. The van der Waals surface area contributed by atoms with Crippen LogP contribution in [0.25, 0.3) is 6.08 Å². The van der Waals surface area contributed by atoms with Gasteiger partial charge in [-0.2, -0.15) is 10.2 Å². The SMILES string of the molecule is COc1ccc(C=C2C3CCC2N=N3)cc1. The maximum absolute atomic E-state index is 5.14. The number of azo groups is 1. The molecule has 16 heavy (non-hydrogen) atoms. The lowest BCUT2D eigenvalue weighted by Crippen LogP contribution is -1.98. The van der Waals surface area contributed by atoms with Crippen molar-refractivity contribution >= 4 is 6.08 Å². The van der Waals surface area contributed by atoms with Gasteiger partial charge in [-0.15, -0.1) is 0 Å². The summed E-state index contributed by atoms with van der Waals surface area (Å²) in [6.45, 7) is 0. The van der Waals surface area contributed by atoms with Crippen LogP contribution in [0.3, 0.4) is 0 Å². The number of rotatable bonds is 2. The monoisotopic (exact) mass is 214 g/mol. The lowest BCUT2D eigenvalue weighted by atomic mass is 10.1. The second kappa shape index (κ2) is 3.74. The van der Waals surface area contributed by atoms with Gasteiger partial charge in [-0.25, -0.2) is 0 Å². The lowest BCUT2D eigenvalue weighted by Gasteiger charge is -2.02. The molecule has 2 bridgehead atoms. The van der Waals surface area contributed by atoms with Gasteiger partial charge in [0.1, 0.15) is 5.75 Å². The van der Waals surface area contributed by atoms with Crippen molar-refractivity contribution in [1.82, 2.24) is 0 Å². The lowest BCUT2D eigenvalue weighted by molar-refractivity contribution is 0.415. The fourth-order valence-corrected chi connectivity index (χ4v) is 2.37. The quantitative estimate of drug-likeness (QED) is 0.744. The molecule has 3 heteroatoms. The Morgan fingerprint density at radius 2 is 1.75 bits per heavy atom. The molecule has 0 saturated heterocycles. The van der Waals surface area contributed by atoms with E-state index in [2.05, 4.69) is 28.4 Å². The summed E-state index contributed by atoms with van der Waals surface area (Å²) < 4.78 is 5.14. The van der Waals surface area contributed by atoms with Crippen LogP contribution in [-0.4, -0.2) is 19.2 Å². The molecule has 1 aliphatic heterocycles. The summed E-state index contributed by atoms with van der Waals surface area (Å²) in [6, 6.07) is 8.82. The van der Waals surface area contributed by atoms with Gasteiger partial charge >= 0.3 is 0 Å². The molecule has 3 nitrogen and oxygen atoms in total. The maximum atomic E-state index is 5.14. The Morgan fingerprint density at radius 3 is 2.25 bits per heavy atom. The molecule has 1 fully saturated rings. The zero-order valence-electron chi connectivity index (χ0n) is 9.26. The van der Waals surface area contributed by atoms with E-state index in [1.165, 1.54) is 11.1 Å². The van der Waals surface area contributed by atoms with Crippen molar-refractivity contribution in [1.29, 1.82) is 0 Å². The Bertz CT molecular complexity index is 432. The number of ether oxygens (including phenoxy) is 1. The van der Waals surface area contributed by atoms with Gasteiger partial charge in [0.25, 0.3) is 0 Å². The Hall–Kier alpha value is -1.64. The highest BCUT2D eigenvalue weighted by molar-refractivity contribution is 5.58. The molecule has 82 valence electrons. The second-order valence-corrected chi connectivity index (χ2v) is 4.26. The third kappa shape index (κ3) is 1.52. The normalized spacial score (nSPS) is 26.2. The summed E-state index contributed by atoms with van der Waals surface area (Å²) in [5, 5.41) is 8.49. The number of nitrogens with zero attached hydrogens (tertiary/aromatic N) is 2. The maximum Gasteiger partial charge on any atom is 0.118 e. The van der Waals surface area contributed by atoms with Crippen molar-refractivity contribution < 1.29 is 4.74 Å². The van der Waals surface area contributed by atoms with Crippen LogP contribution in [0.1, 0.15) is 18.4 Å². The van der Waals surface area contributed by atoms with Gasteiger partial charge in [0.2, 0.25) is 0 Å². The van der Waals surface area contributed by atoms with E-state index >= 15 is 0 Å². The van der Waals surface area contributed by atoms with Crippen molar-refractivity contribution in [3.05, 3.63) is 35.4 Å². The van der Waals surface area contributed by atoms with Gasteiger partial charge < -0.3 is 4.74 Å². The van der Waals surface area contributed by atoms with Gasteiger partial charge in [0.05, 0.1) is 19.2 Å². The Morgan fingerprint density at radius 1 is 1.12 bits per heavy atom. The van der Waals surface area contributed by atoms with E-state index in [1.54, 1.807) is 7.11 Å². The molecule has 1 aromatic rings. The zero-order valence-corrected chi connectivity index (χ0v) is 9.26. The average Bonchev–Trinajstić information content (AvgIpc) is 2.90. The van der Waals surface area contributed by atoms with E-state index in [1.807, 2.05) is 12.1 Å². The Balaban J connectivity index is 1.86. The molecule has 0 spiro atoms. The molecule has 0 N–H and O–H groups in total. The van der Waals surface area contributed by atoms with E-state index in [0.717, 1.165) is 18.6 Å². The van der Waals surface area contributed by atoms with Crippen molar-refractivity contribution in [3.8, 4) is 5.75 Å². The van der Waals surface area contributed by atoms with Crippen LogP contribution in [0.2, 0.25) is 0 Å². The first-order chi connectivity index (χ1) is 7.86. The molecule has 0 amide bonds. The fourth-order valence-electron chi connectivity index (χ4n) is 2.37. The Kier molecular flexibility index (Phi) is 2.24. The highest BCUT2D eigenvalue weighted by Crippen LogP contribution is 2.37. The molecule has 1 heterocycles. The van der Waals surface area contributed by atoms with Gasteiger partial charge in [-0.3, -0.25) is 0 Å². The standard InChI is InChI=1S/C13H14N2O/c1-16-10-4-2-9(3-5-10)8-11-12-6-7-13(11)15-14-12/h2-5,8,12-13H,6-7H2,1H3. The summed E-state index contributed by atoms with van der Waals surface area (Å²) in [6.07, 6.45) is 4.55. The van der Waals surface area contributed by atoms with Crippen LogP contribution in [0, 0.1) is 0 Å². The van der Waals surface area contributed by atoms with Crippen molar-refractivity contribution in [2.75, 3.05) is 7.11 Å². The van der Waals surface area contributed by atoms with E-state index in [-0.39, 0.29) is 0 Å². The number of fused-ring (bicyclic) bond motifs is 2. The van der Waals surface area contributed by atoms with Crippen LogP contribution in [0.4, 0.5) is 0 Å². The predicted octanol–water partition coefficient (Wildman–Crippen LogP) is 3.08. The number of hydrogen-bond donors (Lipinski definition) is 0. The first-order valence-electron chi connectivity index (χ1n) is 5.62. The van der Waals surface area contributed by atoms with Crippen LogP contribution >= 0.6 is 0 Å². The molecule has 2 atom stereocenters. The molecule has 1 saturated carbocycles. The van der Waals surface area contributed by atoms with Crippen LogP contribution < -0.4 is 4.74 Å². The van der Waals surface area contributed by atoms with E-state index in [0.29, 0.717) is 12.1 Å². The van der Waals surface area contributed by atoms with Crippen molar-refractivity contribution in [2.45, 2.75) is 24.9 Å². The molecule has 2 aliphatic rings. The zero-order chi connectivity index (χ0) is 11.0. The Labute approximate surface area is 94.8 Å². The van der Waals surface area contributed by atoms with Crippen LogP contribution in [0.15, 0.2) is 40.1 Å². The average molecular weight is 214 g/mol.